The molecule has 1 aliphatic carbocycles. The van der Waals surface area contributed by atoms with Crippen LogP contribution in [0.15, 0.2) is 34.9 Å². The molecule has 0 radical (unpaired) electrons. The fraction of sp³-hybridized carbons (Fsp3) is 0.444. The standard InChI is InChI=1S/C18H20F2N4O4/c1-5-27-16(25)9-6-12-11(7-10(9)19)22-15(13-14(20)21-8-24(12)13)23-17(26)28-18(2,3)4/h6-8,11-12H,5H2,1-4H3,(H,22,23,26). The molecule has 0 bridgehead atoms. The number of hydrogen-bond acceptors (Lipinski definition) is 6. The fourth-order valence-corrected chi connectivity index (χ4v) is 2.91. The summed E-state index contributed by atoms with van der Waals surface area (Å²) in [4.78, 5) is 31.9. The number of carbonyl (C=O) groups excluding carboxylic acids is 2. The van der Waals surface area contributed by atoms with E-state index >= 15 is 0 Å². The first-order valence-electron chi connectivity index (χ1n) is 8.68. The van der Waals surface area contributed by atoms with Crippen LogP contribution in [0.25, 0.3) is 0 Å². The smallest absolute Gasteiger partial charge is 0.413 e. The molecule has 0 saturated carbocycles. The maximum atomic E-state index is 14.4. The van der Waals surface area contributed by atoms with Gasteiger partial charge in [-0.1, -0.05) is 0 Å². The van der Waals surface area contributed by atoms with Gasteiger partial charge in [0.15, 0.2) is 5.84 Å². The van der Waals surface area contributed by atoms with Crippen LogP contribution in [0.4, 0.5) is 13.6 Å². The van der Waals surface area contributed by atoms with Gasteiger partial charge in [0.25, 0.3) is 0 Å². The van der Waals surface area contributed by atoms with Gasteiger partial charge in [0.05, 0.1) is 30.6 Å². The van der Waals surface area contributed by atoms with Crippen LogP contribution in [-0.4, -0.2) is 45.7 Å². The number of imidazole rings is 1. The highest BCUT2D eigenvalue weighted by Gasteiger charge is 2.37. The van der Waals surface area contributed by atoms with Crippen molar-refractivity contribution < 1.29 is 27.8 Å². The summed E-state index contributed by atoms with van der Waals surface area (Å²) in [6.45, 7) is 6.73. The number of fused-ring (bicyclic) bond motifs is 3. The largest absolute Gasteiger partial charge is 0.462 e. The molecule has 2 aliphatic rings. The third-order valence-corrected chi connectivity index (χ3v) is 3.95. The van der Waals surface area contributed by atoms with E-state index in [4.69, 9.17) is 9.47 Å². The van der Waals surface area contributed by atoms with Crippen molar-refractivity contribution in [1.29, 1.82) is 0 Å². The van der Waals surface area contributed by atoms with Crippen molar-refractivity contribution in [3.8, 4) is 0 Å². The normalized spacial score (nSPS) is 20.9. The minimum absolute atomic E-state index is 0.0879. The second-order valence-electron chi connectivity index (χ2n) is 7.19. The summed E-state index contributed by atoms with van der Waals surface area (Å²) >= 11 is 0. The summed E-state index contributed by atoms with van der Waals surface area (Å²) in [5.74, 6) is -2.63. The molecular weight excluding hydrogens is 374 g/mol. The molecule has 1 aliphatic heterocycles. The van der Waals surface area contributed by atoms with Crippen molar-refractivity contribution in [2.45, 2.75) is 45.4 Å². The van der Waals surface area contributed by atoms with E-state index in [1.54, 1.807) is 27.7 Å². The van der Waals surface area contributed by atoms with E-state index in [1.807, 2.05) is 0 Å². The van der Waals surface area contributed by atoms with E-state index in [0.717, 1.165) is 6.08 Å². The van der Waals surface area contributed by atoms with Gasteiger partial charge in [-0.2, -0.15) is 4.39 Å². The van der Waals surface area contributed by atoms with Crippen LogP contribution < -0.4 is 5.32 Å². The Morgan fingerprint density at radius 3 is 2.64 bits per heavy atom. The number of rotatable bonds is 2. The highest BCUT2D eigenvalue weighted by molar-refractivity contribution is 6.06. The number of esters is 1. The van der Waals surface area contributed by atoms with Gasteiger partial charge in [-0.15, -0.1) is 0 Å². The zero-order valence-corrected chi connectivity index (χ0v) is 15.8. The maximum Gasteiger partial charge on any atom is 0.413 e. The second-order valence-corrected chi connectivity index (χ2v) is 7.19. The van der Waals surface area contributed by atoms with Crippen LogP contribution in [0.2, 0.25) is 0 Å². The van der Waals surface area contributed by atoms with Crippen LogP contribution in [-0.2, 0) is 14.3 Å². The van der Waals surface area contributed by atoms with Crippen LogP contribution in [0.5, 0.6) is 0 Å². The molecule has 0 fully saturated rings. The Kier molecular flexibility index (Phi) is 5.05. The van der Waals surface area contributed by atoms with Crippen molar-refractivity contribution in [3.63, 3.8) is 0 Å². The van der Waals surface area contributed by atoms with E-state index in [9.17, 15) is 18.4 Å². The monoisotopic (exact) mass is 394 g/mol. The Hall–Kier alpha value is -3.04. The van der Waals surface area contributed by atoms with Crippen LogP contribution in [0.3, 0.4) is 0 Å². The molecule has 0 spiro atoms. The number of aliphatic imine (C=N–C) groups is 1. The number of alkyl carbamates (subject to hydrolysis) is 1. The Morgan fingerprint density at radius 2 is 2.00 bits per heavy atom. The highest BCUT2D eigenvalue weighted by Crippen LogP contribution is 2.34. The van der Waals surface area contributed by atoms with Crippen molar-refractivity contribution in [1.82, 2.24) is 14.9 Å². The number of ether oxygens (including phenoxy) is 2. The Balaban J connectivity index is 1.96. The summed E-state index contributed by atoms with van der Waals surface area (Å²) in [6, 6.07) is -1.51. The van der Waals surface area contributed by atoms with Crippen molar-refractivity contribution in [3.05, 3.63) is 41.5 Å². The Morgan fingerprint density at radius 1 is 1.29 bits per heavy atom. The van der Waals surface area contributed by atoms with Gasteiger partial charge in [-0.3, -0.25) is 10.3 Å². The number of nitrogens with one attached hydrogen (secondary N) is 1. The second kappa shape index (κ2) is 7.17. The quantitative estimate of drug-likeness (QED) is 0.778. The van der Waals surface area contributed by atoms with Gasteiger partial charge in [0, 0.05) is 0 Å². The van der Waals surface area contributed by atoms with Gasteiger partial charge in [-0.25, -0.2) is 19.0 Å². The topological polar surface area (TPSA) is 94.8 Å². The molecule has 1 N–H and O–H groups in total. The summed E-state index contributed by atoms with van der Waals surface area (Å²) < 4.78 is 40.1. The molecule has 3 rings (SSSR count). The first-order chi connectivity index (χ1) is 13.1. The number of nitrogens with zero attached hydrogens (tertiary/aromatic N) is 3. The molecule has 0 aromatic carbocycles. The van der Waals surface area contributed by atoms with Gasteiger partial charge in [0.2, 0.25) is 5.95 Å². The van der Waals surface area contributed by atoms with Crippen molar-refractivity contribution >= 4 is 17.9 Å². The van der Waals surface area contributed by atoms with Gasteiger partial charge < -0.3 is 14.0 Å². The number of amides is 1. The van der Waals surface area contributed by atoms with Gasteiger partial charge >= 0.3 is 12.1 Å². The third kappa shape index (κ3) is 3.80. The Labute approximate surface area is 159 Å². The molecule has 2 heterocycles. The van der Waals surface area contributed by atoms with E-state index in [-0.39, 0.29) is 23.7 Å². The summed E-state index contributed by atoms with van der Waals surface area (Å²) in [7, 11) is 0. The average molecular weight is 394 g/mol. The maximum absolute atomic E-state index is 14.4. The first kappa shape index (κ1) is 19.7. The molecule has 1 amide bonds. The third-order valence-electron chi connectivity index (χ3n) is 3.95. The van der Waals surface area contributed by atoms with Crippen LogP contribution in [0.1, 0.15) is 39.4 Å². The van der Waals surface area contributed by atoms with E-state index in [2.05, 4.69) is 15.3 Å². The van der Waals surface area contributed by atoms with E-state index < -0.39 is 41.5 Å². The number of amidine groups is 1. The predicted molar refractivity (Wildman–Crippen MR) is 94.8 cm³/mol. The lowest BCUT2D eigenvalue weighted by Crippen LogP contribution is -2.42. The molecule has 1 aromatic rings. The average Bonchev–Trinajstić information content (AvgIpc) is 2.95. The lowest BCUT2D eigenvalue weighted by molar-refractivity contribution is -0.138. The number of halogens is 2. The lowest BCUT2D eigenvalue weighted by Gasteiger charge is -2.31. The van der Waals surface area contributed by atoms with Crippen molar-refractivity contribution in [2.75, 3.05) is 6.61 Å². The molecule has 1 aromatic heterocycles. The van der Waals surface area contributed by atoms with Crippen LogP contribution in [0, 0.1) is 5.95 Å². The minimum Gasteiger partial charge on any atom is -0.462 e. The van der Waals surface area contributed by atoms with Gasteiger partial charge in [-0.05, 0) is 39.8 Å². The molecule has 2 atom stereocenters. The molecule has 10 heteroatoms. The summed E-state index contributed by atoms with van der Waals surface area (Å²) in [6.07, 6.45) is 2.80. The van der Waals surface area contributed by atoms with Crippen molar-refractivity contribution in [2.24, 2.45) is 4.99 Å². The van der Waals surface area contributed by atoms with E-state index in [0.29, 0.717) is 0 Å². The molecule has 0 saturated heterocycles. The fourth-order valence-electron chi connectivity index (χ4n) is 2.91. The molecule has 28 heavy (non-hydrogen) atoms. The van der Waals surface area contributed by atoms with E-state index in [1.165, 1.54) is 17.0 Å². The number of carbonyl (C=O) groups is 2. The SMILES string of the molecule is CCOC(=O)C1=CC2C(C=C1F)N=C(NC(=O)OC(C)(C)C)c1c(F)ncn12. The first-order valence-corrected chi connectivity index (χ1v) is 8.68. The predicted octanol–water partition coefficient (Wildman–Crippen LogP) is 2.57. The summed E-state index contributed by atoms with van der Waals surface area (Å²) in [5, 5.41) is 2.38. The van der Waals surface area contributed by atoms with Gasteiger partial charge in [0.1, 0.15) is 17.1 Å². The minimum atomic E-state index is -0.866. The zero-order valence-electron chi connectivity index (χ0n) is 15.8. The number of aromatic nitrogens is 2. The molecule has 8 nitrogen and oxygen atoms in total. The Bertz CT molecular complexity index is 911. The zero-order chi connectivity index (χ0) is 20.6. The molecule has 2 unspecified atom stereocenters. The molecular formula is C18H20F2N4O4. The highest BCUT2D eigenvalue weighted by atomic mass is 19.1. The lowest BCUT2D eigenvalue weighted by atomic mass is 9.95. The summed E-state index contributed by atoms with van der Waals surface area (Å²) in [5.41, 5.74) is -1.13. The van der Waals surface area contributed by atoms with Crippen LogP contribution >= 0.6 is 0 Å². The molecule has 150 valence electrons. The number of hydrogen-bond donors (Lipinski definition) is 1.